The van der Waals surface area contributed by atoms with E-state index in [2.05, 4.69) is 0 Å². The summed E-state index contributed by atoms with van der Waals surface area (Å²) in [6.45, 7) is 0. The Morgan fingerprint density at radius 2 is 2.06 bits per heavy atom. The Kier molecular flexibility index (Phi) is 4.03. The number of carbonyl (C=O) groups is 1. The first-order valence-electron chi connectivity index (χ1n) is 5.77. The van der Waals surface area contributed by atoms with Gasteiger partial charge in [0.25, 0.3) is 0 Å². The minimum Gasteiger partial charge on any atom is -0.494 e. The summed E-state index contributed by atoms with van der Waals surface area (Å²) in [5.74, 6) is -0.0703. The molecule has 0 heterocycles. The first-order valence-corrected chi connectivity index (χ1v) is 6.53. The summed E-state index contributed by atoms with van der Waals surface area (Å²) in [6, 6.07) is 3.65. The molecule has 1 saturated carbocycles. The number of hydrogen-bond donors (Lipinski definition) is 1. The van der Waals surface area contributed by atoms with Crippen LogP contribution in [0.1, 0.15) is 18.4 Å². The van der Waals surface area contributed by atoms with Gasteiger partial charge in [0.1, 0.15) is 0 Å². The summed E-state index contributed by atoms with van der Waals surface area (Å²) >= 11 is 12.1. The van der Waals surface area contributed by atoms with Crippen LogP contribution in [0.5, 0.6) is 5.75 Å². The van der Waals surface area contributed by atoms with Crippen molar-refractivity contribution in [3.05, 3.63) is 27.7 Å². The topological polar surface area (TPSA) is 46.5 Å². The van der Waals surface area contributed by atoms with E-state index in [9.17, 15) is 4.79 Å². The monoisotopic (exact) mass is 288 g/mol. The molecule has 1 fully saturated rings. The van der Waals surface area contributed by atoms with Gasteiger partial charge in [-0.2, -0.15) is 0 Å². The van der Waals surface area contributed by atoms with Crippen LogP contribution in [0.15, 0.2) is 12.1 Å². The van der Waals surface area contributed by atoms with Crippen LogP contribution in [0, 0.1) is 11.8 Å². The molecule has 0 aliphatic heterocycles. The molecule has 0 spiro atoms. The Hall–Kier alpha value is -0.930. The van der Waals surface area contributed by atoms with E-state index in [4.69, 9.17) is 33.0 Å². The molecule has 1 aliphatic carbocycles. The molecule has 0 radical (unpaired) electrons. The van der Waals surface area contributed by atoms with Crippen molar-refractivity contribution in [1.82, 2.24) is 0 Å². The Labute approximate surface area is 116 Å². The summed E-state index contributed by atoms with van der Waals surface area (Å²) < 4.78 is 5.08. The molecule has 2 rings (SSSR count). The van der Waals surface area contributed by atoms with Crippen molar-refractivity contribution in [2.45, 2.75) is 19.3 Å². The van der Waals surface area contributed by atoms with Gasteiger partial charge in [-0.15, -0.1) is 0 Å². The molecular weight excluding hydrogens is 275 g/mol. The number of rotatable bonds is 5. The zero-order valence-electron chi connectivity index (χ0n) is 9.95. The third-order valence-electron chi connectivity index (χ3n) is 3.31. The Morgan fingerprint density at radius 3 is 2.50 bits per heavy atom. The minimum absolute atomic E-state index is 0.158. The molecule has 1 aromatic rings. The third-order valence-corrected chi connectivity index (χ3v) is 3.87. The number of carboxylic acid groups (broad SMARTS) is 1. The van der Waals surface area contributed by atoms with Gasteiger partial charge in [0, 0.05) is 0 Å². The van der Waals surface area contributed by atoms with Crippen molar-refractivity contribution in [2.24, 2.45) is 11.8 Å². The maximum absolute atomic E-state index is 10.7. The number of carboxylic acids is 1. The van der Waals surface area contributed by atoms with Gasteiger partial charge < -0.3 is 9.84 Å². The molecular formula is C13H14Cl2O3. The Bertz CT molecular complexity index is 450. The van der Waals surface area contributed by atoms with Gasteiger partial charge in [0.2, 0.25) is 0 Å². The largest absolute Gasteiger partial charge is 0.494 e. The van der Waals surface area contributed by atoms with E-state index < -0.39 is 5.97 Å². The van der Waals surface area contributed by atoms with Crippen LogP contribution in [0.3, 0.4) is 0 Å². The second kappa shape index (κ2) is 5.37. The van der Waals surface area contributed by atoms with E-state index in [1.807, 2.05) is 12.1 Å². The average Bonchev–Trinajstić information content (AvgIpc) is 3.05. The highest BCUT2D eigenvalue weighted by Gasteiger charge is 2.42. The molecule has 0 aromatic heterocycles. The first kappa shape index (κ1) is 13.5. The lowest BCUT2D eigenvalue weighted by Gasteiger charge is -2.08. The normalized spacial score (nSPS) is 21.7. The number of aryl methyl sites for hydroxylation is 1. The molecule has 1 N–H and O–H groups in total. The van der Waals surface area contributed by atoms with E-state index in [0.29, 0.717) is 21.7 Å². The predicted molar refractivity (Wildman–Crippen MR) is 70.6 cm³/mol. The van der Waals surface area contributed by atoms with Gasteiger partial charge in [-0.25, -0.2) is 0 Å². The second-order valence-electron chi connectivity index (χ2n) is 4.57. The van der Waals surface area contributed by atoms with Gasteiger partial charge in [0.15, 0.2) is 5.75 Å². The fourth-order valence-corrected chi connectivity index (χ4v) is 2.86. The maximum atomic E-state index is 10.7. The molecule has 1 aliphatic rings. The van der Waals surface area contributed by atoms with Crippen molar-refractivity contribution in [1.29, 1.82) is 0 Å². The van der Waals surface area contributed by atoms with Crippen molar-refractivity contribution in [3.63, 3.8) is 0 Å². The zero-order chi connectivity index (χ0) is 13.3. The summed E-state index contributed by atoms with van der Waals surface area (Å²) in [4.78, 5) is 10.7. The van der Waals surface area contributed by atoms with Crippen LogP contribution in [-0.2, 0) is 11.2 Å². The van der Waals surface area contributed by atoms with E-state index >= 15 is 0 Å². The van der Waals surface area contributed by atoms with Crippen molar-refractivity contribution < 1.29 is 14.6 Å². The smallest absolute Gasteiger partial charge is 0.306 e. The molecule has 2 atom stereocenters. The van der Waals surface area contributed by atoms with Crippen LogP contribution in [0.2, 0.25) is 10.0 Å². The number of ether oxygens (including phenoxy) is 1. The van der Waals surface area contributed by atoms with E-state index in [-0.39, 0.29) is 5.92 Å². The fourth-order valence-electron chi connectivity index (χ4n) is 2.17. The second-order valence-corrected chi connectivity index (χ2v) is 5.39. The van der Waals surface area contributed by atoms with E-state index in [0.717, 1.165) is 24.8 Å². The van der Waals surface area contributed by atoms with Gasteiger partial charge in [-0.05, 0) is 42.9 Å². The standard InChI is InChI=1S/C13H14Cl2O3/c1-18-12-10(14)4-7(5-11(12)15)2-3-8-6-9(8)13(16)17/h4-5,8-9H,2-3,6H2,1H3,(H,16,17). The number of halogens is 2. The number of methoxy groups -OCH3 is 1. The Balaban J connectivity index is 1.97. The molecule has 0 amide bonds. The number of benzene rings is 1. The lowest BCUT2D eigenvalue weighted by atomic mass is 10.1. The SMILES string of the molecule is COc1c(Cl)cc(CCC2CC2C(=O)O)cc1Cl. The molecule has 0 saturated heterocycles. The molecule has 1 aromatic carbocycles. The highest BCUT2D eigenvalue weighted by Crippen LogP contribution is 2.42. The highest BCUT2D eigenvalue weighted by molar-refractivity contribution is 6.37. The molecule has 5 heteroatoms. The van der Waals surface area contributed by atoms with Crippen molar-refractivity contribution in [2.75, 3.05) is 7.11 Å². The van der Waals surface area contributed by atoms with Gasteiger partial charge in [-0.3, -0.25) is 4.79 Å². The van der Waals surface area contributed by atoms with Crippen LogP contribution in [-0.4, -0.2) is 18.2 Å². The van der Waals surface area contributed by atoms with Crippen LogP contribution < -0.4 is 4.74 Å². The van der Waals surface area contributed by atoms with Crippen LogP contribution in [0.4, 0.5) is 0 Å². The minimum atomic E-state index is -0.689. The van der Waals surface area contributed by atoms with Gasteiger partial charge in [-0.1, -0.05) is 23.2 Å². The predicted octanol–water partition coefficient (Wildman–Crippen LogP) is 3.66. The highest BCUT2D eigenvalue weighted by atomic mass is 35.5. The number of aliphatic carboxylic acids is 1. The fraction of sp³-hybridized carbons (Fsp3) is 0.462. The van der Waals surface area contributed by atoms with Crippen molar-refractivity contribution in [3.8, 4) is 5.75 Å². The van der Waals surface area contributed by atoms with Gasteiger partial charge >= 0.3 is 5.97 Å². The maximum Gasteiger partial charge on any atom is 0.306 e. The molecule has 98 valence electrons. The lowest BCUT2D eigenvalue weighted by Crippen LogP contribution is -2.00. The molecule has 2 unspecified atom stereocenters. The average molecular weight is 289 g/mol. The molecule has 18 heavy (non-hydrogen) atoms. The van der Waals surface area contributed by atoms with E-state index in [1.54, 1.807) is 0 Å². The summed E-state index contributed by atoms with van der Waals surface area (Å²) in [6.07, 6.45) is 2.43. The molecule has 0 bridgehead atoms. The summed E-state index contributed by atoms with van der Waals surface area (Å²) in [5.41, 5.74) is 1.02. The number of hydrogen-bond acceptors (Lipinski definition) is 2. The van der Waals surface area contributed by atoms with Crippen LogP contribution in [0.25, 0.3) is 0 Å². The first-order chi connectivity index (χ1) is 8.52. The van der Waals surface area contributed by atoms with Crippen LogP contribution >= 0.6 is 23.2 Å². The van der Waals surface area contributed by atoms with Gasteiger partial charge in [0.05, 0.1) is 23.1 Å². The van der Waals surface area contributed by atoms with Crippen molar-refractivity contribution >= 4 is 29.2 Å². The summed E-state index contributed by atoms with van der Waals surface area (Å²) in [5, 5.41) is 9.80. The third kappa shape index (κ3) is 2.90. The summed E-state index contributed by atoms with van der Waals surface area (Å²) in [7, 11) is 1.52. The zero-order valence-corrected chi connectivity index (χ0v) is 11.5. The Morgan fingerprint density at radius 1 is 1.44 bits per heavy atom. The lowest BCUT2D eigenvalue weighted by molar-refractivity contribution is -0.138. The quantitative estimate of drug-likeness (QED) is 0.899. The van der Waals surface area contributed by atoms with E-state index in [1.165, 1.54) is 7.11 Å². The molecule has 3 nitrogen and oxygen atoms in total.